The van der Waals surface area contributed by atoms with Gasteiger partial charge in [0.15, 0.2) is 6.10 Å². The molecule has 9 nitrogen and oxygen atoms in total. The highest BCUT2D eigenvalue weighted by Crippen LogP contribution is 2.25. The average molecular weight is 371 g/mol. The average Bonchev–Trinajstić information content (AvgIpc) is 2.53. The minimum atomic E-state index is -1.20. The molecule has 1 rings (SSSR count). The highest BCUT2D eigenvalue weighted by Gasteiger charge is 2.24. The lowest BCUT2D eigenvalue weighted by Gasteiger charge is -2.19. The van der Waals surface area contributed by atoms with Gasteiger partial charge in [-0.25, -0.2) is 9.59 Å². The summed E-state index contributed by atoms with van der Waals surface area (Å²) < 4.78 is 4.96. The first-order valence-corrected chi connectivity index (χ1v) is 7.64. The topological polar surface area (TPSA) is 140 Å². The van der Waals surface area contributed by atoms with Gasteiger partial charge in [-0.15, -0.1) is 0 Å². The van der Waals surface area contributed by atoms with E-state index in [1.165, 1.54) is 14.0 Å². The van der Waals surface area contributed by atoms with Gasteiger partial charge in [0.05, 0.1) is 12.5 Å². The van der Waals surface area contributed by atoms with Gasteiger partial charge < -0.3 is 21.1 Å². The number of nitrogens with one attached hydrogen (secondary N) is 3. The molecule has 0 aromatic heterocycles. The first-order valence-electron chi connectivity index (χ1n) is 7.27. The molecule has 0 spiro atoms. The van der Waals surface area contributed by atoms with Crippen LogP contribution in [0.4, 0.5) is 9.59 Å². The lowest BCUT2D eigenvalue weighted by Crippen LogP contribution is -2.43. The predicted molar refractivity (Wildman–Crippen MR) is 89.7 cm³/mol. The monoisotopic (exact) mass is 370 g/mol. The number of imide groups is 1. The van der Waals surface area contributed by atoms with Crippen molar-refractivity contribution in [1.29, 1.82) is 0 Å². The van der Waals surface area contributed by atoms with Crippen LogP contribution in [0.1, 0.15) is 24.9 Å². The fourth-order valence-corrected chi connectivity index (χ4v) is 2.18. The van der Waals surface area contributed by atoms with Crippen LogP contribution in [0.15, 0.2) is 24.3 Å². The number of carbonyl (C=O) groups excluding carboxylic acids is 4. The Labute approximate surface area is 149 Å². The highest BCUT2D eigenvalue weighted by molar-refractivity contribution is 6.31. The largest absolute Gasteiger partial charge is 0.452 e. The molecule has 1 aromatic rings. The third-order valence-corrected chi connectivity index (χ3v) is 3.45. The van der Waals surface area contributed by atoms with Gasteiger partial charge in [-0.3, -0.25) is 14.9 Å². The van der Waals surface area contributed by atoms with E-state index in [1.807, 2.05) is 5.32 Å². The first kappa shape index (κ1) is 20.2. The molecule has 0 fully saturated rings. The summed E-state index contributed by atoms with van der Waals surface area (Å²) in [5.74, 6) is -1.57. The lowest BCUT2D eigenvalue weighted by atomic mass is 10.0. The van der Waals surface area contributed by atoms with Crippen molar-refractivity contribution in [3.8, 4) is 0 Å². The number of primary amides is 1. The molecule has 2 atom stereocenters. The maximum absolute atomic E-state index is 12.1. The molecule has 5 N–H and O–H groups in total. The molecule has 0 saturated heterocycles. The maximum Gasteiger partial charge on any atom is 0.321 e. The van der Waals surface area contributed by atoms with Crippen molar-refractivity contribution in [3.05, 3.63) is 34.9 Å². The van der Waals surface area contributed by atoms with E-state index in [0.717, 1.165) is 0 Å². The normalized spacial score (nSPS) is 12.4. The van der Waals surface area contributed by atoms with Crippen LogP contribution in [0.2, 0.25) is 5.02 Å². The minimum Gasteiger partial charge on any atom is -0.452 e. The molecule has 0 aliphatic heterocycles. The Morgan fingerprint density at radius 1 is 1.24 bits per heavy atom. The SMILES string of the molecule is CNC(=O)NC(=O)[C@H](C)OC(=O)C[C@@H](NC(N)=O)c1ccccc1Cl. The Balaban J connectivity index is 2.76. The van der Waals surface area contributed by atoms with Crippen molar-refractivity contribution >= 4 is 35.5 Å². The van der Waals surface area contributed by atoms with Crippen LogP contribution in [-0.2, 0) is 14.3 Å². The second-order valence-electron chi connectivity index (χ2n) is 4.99. The molecule has 0 aliphatic carbocycles. The van der Waals surface area contributed by atoms with Gasteiger partial charge in [-0.2, -0.15) is 0 Å². The number of carbonyl (C=O) groups is 4. The van der Waals surface area contributed by atoms with Crippen LogP contribution in [0.5, 0.6) is 0 Å². The van der Waals surface area contributed by atoms with Crippen molar-refractivity contribution in [3.63, 3.8) is 0 Å². The van der Waals surface area contributed by atoms with Gasteiger partial charge in [0.2, 0.25) is 0 Å². The van der Waals surface area contributed by atoms with E-state index in [1.54, 1.807) is 24.3 Å². The molecule has 0 radical (unpaired) electrons. The molecule has 5 amide bonds. The van der Waals surface area contributed by atoms with Crippen LogP contribution in [0, 0.1) is 0 Å². The van der Waals surface area contributed by atoms with Crippen molar-refractivity contribution < 1.29 is 23.9 Å². The van der Waals surface area contributed by atoms with Gasteiger partial charge in [0.1, 0.15) is 0 Å². The Bertz CT molecular complexity index is 667. The highest BCUT2D eigenvalue weighted by atomic mass is 35.5. The van der Waals surface area contributed by atoms with Crippen LogP contribution in [-0.4, -0.2) is 37.1 Å². The fraction of sp³-hybridized carbons (Fsp3) is 0.333. The number of urea groups is 2. The molecule has 0 heterocycles. The summed E-state index contributed by atoms with van der Waals surface area (Å²) in [6.07, 6.45) is -1.50. The van der Waals surface area contributed by atoms with Gasteiger partial charge in [-0.05, 0) is 18.6 Å². The molecular formula is C15H19ClN4O5. The summed E-state index contributed by atoms with van der Waals surface area (Å²) in [5, 5.41) is 6.92. The first-order chi connectivity index (χ1) is 11.7. The van der Waals surface area contributed by atoms with E-state index < -0.39 is 36.1 Å². The maximum atomic E-state index is 12.1. The van der Waals surface area contributed by atoms with Crippen molar-refractivity contribution in [2.75, 3.05) is 7.05 Å². The Morgan fingerprint density at radius 2 is 1.88 bits per heavy atom. The van der Waals surface area contributed by atoms with E-state index in [2.05, 4.69) is 10.6 Å². The molecule has 0 unspecified atom stereocenters. The van der Waals surface area contributed by atoms with Crippen molar-refractivity contribution in [1.82, 2.24) is 16.0 Å². The summed E-state index contributed by atoms with van der Waals surface area (Å²) in [5.41, 5.74) is 5.60. The summed E-state index contributed by atoms with van der Waals surface area (Å²) in [4.78, 5) is 46.0. The molecule has 25 heavy (non-hydrogen) atoms. The van der Waals surface area contributed by atoms with Crippen LogP contribution >= 0.6 is 11.6 Å². The van der Waals surface area contributed by atoms with Crippen LogP contribution in [0.25, 0.3) is 0 Å². The second kappa shape index (κ2) is 9.48. The minimum absolute atomic E-state index is 0.301. The molecule has 10 heteroatoms. The quantitative estimate of drug-likeness (QED) is 0.549. The van der Waals surface area contributed by atoms with Gasteiger partial charge in [-0.1, -0.05) is 29.8 Å². The number of ether oxygens (including phenoxy) is 1. The molecule has 0 bridgehead atoms. The van der Waals surface area contributed by atoms with Crippen molar-refractivity contribution in [2.45, 2.75) is 25.5 Å². The van der Waals surface area contributed by atoms with Gasteiger partial charge in [0.25, 0.3) is 5.91 Å². The predicted octanol–water partition coefficient (Wildman–Crippen LogP) is 0.827. The zero-order chi connectivity index (χ0) is 19.0. The molecule has 1 aromatic carbocycles. The van der Waals surface area contributed by atoms with Crippen LogP contribution < -0.4 is 21.7 Å². The number of hydrogen-bond donors (Lipinski definition) is 4. The Morgan fingerprint density at radius 3 is 2.44 bits per heavy atom. The number of amides is 5. The Hall–Kier alpha value is -2.81. The van der Waals surface area contributed by atoms with Gasteiger partial charge in [0, 0.05) is 12.1 Å². The van der Waals surface area contributed by atoms with Crippen molar-refractivity contribution in [2.24, 2.45) is 5.73 Å². The van der Waals surface area contributed by atoms with Crippen LogP contribution in [0.3, 0.4) is 0 Å². The Kier molecular flexibility index (Phi) is 7.67. The third kappa shape index (κ3) is 6.68. The number of benzene rings is 1. The molecular weight excluding hydrogens is 352 g/mol. The standard InChI is InChI=1S/C15H19ClN4O5/c1-8(13(22)20-15(24)18-2)25-12(21)7-11(19-14(17)23)9-5-3-4-6-10(9)16/h3-6,8,11H,7H2,1-2H3,(H3,17,19,23)(H2,18,20,22,24)/t8-,11+/m0/s1. The summed E-state index contributed by atoms with van der Waals surface area (Å²) in [6.45, 7) is 1.31. The molecule has 0 aliphatic rings. The van der Waals surface area contributed by atoms with E-state index in [0.29, 0.717) is 10.6 Å². The summed E-state index contributed by atoms with van der Waals surface area (Å²) >= 11 is 6.06. The smallest absolute Gasteiger partial charge is 0.321 e. The number of rotatable bonds is 6. The summed E-state index contributed by atoms with van der Waals surface area (Å²) in [7, 11) is 1.34. The molecule has 0 saturated carbocycles. The lowest BCUT2D eigenvalue weighted by molar-refractivity contribution is -0.154. The number of hydrogen-bond acceptors (Lipinski definition) is 5. The zero-order valence-electron chi connectivity index (χ0n) is 13.7. The van der Waals surface area contributed by atoms with E-state index in [-0.39, 0.29) is 6.42 Å². The third-order valence-electron chi connectivity index (χ3n) is 3.11. The zero-order valence-corrected chi connectivity index (χ0v) is 14.4. The summed E-state index contributed by atoms with van der Waals surface area (Å²) in [6, 6.07) is 4.20. The number of esters is 1. The number of nitrogens with two attached hydrogens (primary N) is 1. The van der Waals surface area contributed by atoms with E-state index in [9.17, 15) is 19.2 Å². The fourth-order valence-electron chi connectivity index (χ4n) is 1.91. The van der Waals surface area contributed by atoms with E-state index in [4.69, 9.17) is 22.1 Å². The van der Waals surface area contributed by atoms with E-state index >= 15 is 0 Å². The van der Waals surface area contributed by atoms with Gasteiger partial charge >= 0.3 is 18.0 Å². The molecule has 136 valence electrons. The number of halogens is 1. The second-order valence-corrected chi connectivity index (χ2v) is 5.39.